The van der Waals surface area contributed by atoms with Crippen molar-refractivity contribution >= 4 is 11.8 Å². The zero-order chi connectivity index (χ0) is 36.6. The van der Waals surface area contributed by atoms with Gasteiger partial charge in [0, 0.05) is 31.9 Å². The minimum atomic E-state index is -0.201. The fourth-order valence-electron chi connectivity index (χ4n) is 7.26. The van der Waals surface area contributed by atoms with Gasteiger partial charge >= 0.3 is 0 Å². The average molecular weight is 711 g/mol. The standard InChI is InChI=1S/C49H34N4S/c1-49(2)42-25-19-32(31-50)27-45(42)54-44-26-24-39(30-43(44)49)35-20-22-36(23-21-35)46-51-47(40-17-9-15-37(28-40)33-11-5-3-6-12-33)53-48(52-46)41-18-10-16-38(29-41)34-13-7-4-8-14-34/h3-30H,1-2H3. The summed E-state index contributed by atoms with van der Waals surface area (Å²) >= 11 is 1.74. The molecule has 0 saturated heterocycles. The van der Waals surface area contributed by atoms with Crippen molar-refractivity contribution in [1.82, 2.24) is 15.0 Å². The Bertz CT molecular complexity index is 2610. The molecule has 54 heavy (non-hydrogen) atoms. The SMILES string of the molecule is CC1(C)c2ccc(C#N)cc2Sc2ccc(-c3ccc(-c4nc(-c5cccc(-c6ccccc6)c5)nc(-c5cccc(-c6ccccc6)c5)n4)cc3)cc21. The maximum atomic E-state index is 9.48. The van der Waals surface area contributed by atoms with E-state index in [0.29, 0.717) is 23.0 Å². The molecule has 2 heterocycles. The van der Waals surface area contributed by atoms with E-state index in [2.05, 4.69) is 166 Å². The number of hydrogen-bond donors (Lipinski definition) is 0. The van der Waals surface area contributed by atoms with Crippen LogP contribution in [0.2, 0.25) is 0 Å². The molecule has 0 spiro atoms. The molecule has 0 bridgehead atoms. The first-order valence-corrected chi connectivity index (χ1v) is 18.8. The highest BCUT2D eigenvalue weighted by Gasteiger charge is 2.33. The first-order valence-electron chi connectivity index (χ1n) is 18.0. The Balaban J connectivity index is 1.10. The number of hydrogen-bond acceptors (Lipinski definition) is 5. The third-order valence-electron chi connectivity index (χ3n) is 10.2. The lowest BCUT2D eigenvalue weighted by Gasteiger charge is -2.35. The van der Waals surface area contributed by atoms with Crippen molar-refractivity contribution in [3.63, 3.8) is 0 Å². The summed E-state index contributed by atoms with van der Waals surface area (Å²) in [5.74, 6) is 1.87. The van der Waals surface area contributed by atoms with E-state index in [1.54, 1.807) is 11.8 Å². The van der Waals surface area contributed by atoms with Gasteiger partial charge < -0.3 is 0 Å². The summed E-state index contributed by atoms with van der Waals surface area (Å²) in [6, 6.07) is 61.1. The zero-order valence-corrected chi connectivity index (χ0v) is 30.7. The molecule has 0 saturated carbocycles. The summed E-state index contributed by atoms with van der Waals surface area (Å²) in [6.45, 7) is 4.54. The molecule has 1 aromatic heterocycles. The normalized spacial score (nSPS) is 12.7. The monoisotopic (exact) mass is 710 g/mol. The molecule has 5 heteroatoms. The molecule has 7 aromatic carbocycles. The molecule has 0 fully saturated rings. The molecule has 0 radical (unpaired) electrons. The van der Waals surface area contributed by atoms with Crippen molar-refractivity contribution in [1.29, 1.82) is 5.26 Å². The van der Waals surface area contributed by atoms with E-state index in [-0.39, 0.29) is 5.41 Å². The van der Waals surface area contributed by atoms with Crippen LogP contribution >= 0.6 is 11.8 Å². The highest BCUT2D eigenvalue weighted by atomic mass is 32.2. The van der Waals surface area contributed by atoms with E-state index in [4.69, 9.17) is 15.0 Å². The molecule has 0 amide bonds. The summed E-state index contributed by atoms with van der Waals surface area (Å²) in [4.78, 5) is 17.6. The lowest BCUT2D eigenvalue weighted by Crippen LogP contribution is -2.23. The Labute approximate surface area is 319 Å². The highest BCUT2D eigenvalue weighted by Crippen LogP contribution is 2.50. The fourth-order valence-corrected chi connectivity index (χ4v) is 8.67. The van der Waals surface area contributed by atoms with Gasteiger partial charge in [0.2, 0.25) is 0 Å². The number of nitrogens with zero attached hydrogens (tertiary/aromatic N) is 4. The molecule has 1 aliphatic heterocycles. The molecule has 4 nitrogen and oxygen atoms in total. The molecule has 0 unspecified atom stereocenters. The van der Waals surface area contributed by atoms with Crippen LogP contribution in [0.5, 0.6) is 0 Å². The van der Waals surface area contributed by atoms with Crippen LogP contribution in [0.4, 0.5) is 0 Å². The largest absolute Gasteiger partial charge is 0.208 e. The second-order valence-electron chi connectivity index (χ2n) is 14.0. The topological polar surface area (TPSA) is 62.5 Å². The Kier molecular flexibility index (Phi) is 8.46. The van der Waals surface area contributed by atoms with Crippen molar-refractivity contribution in [2.75, 3.05) is 0 Å². The summed E-state index contributed by atoms with van der Waals surface area (Å²) in [6.07, 6.45) is 0. The Morgan fingerprint density at radius 3 is 1.44 bits per heavy atom. The third kappa shape index (κ3) is 6.27. The van der Waals surface area contributed by atoms with Crippen molar-refractivity contribution in [2.45, 2.75) is 29.1 Å². The van der Waals surface area contributed by atoms with Crippen molar-refractivity contribution in [3.8, 4) is 73.6 Å². The second kappa shape index (κ2) is 13.7. The van der Waals surface area contributed by atoms with Gasteiger partial charge in [0.1, 0.15) is 0 Å². The van der Waals surface area contributed by atoms with Crippen LogP contribution in [0.15, 0.2) is 180 Å². The average Bonchev–Trinajstić information content (AvgIpc) is 3.24. The van der Waals surface area contributed by atoms with Crippen LogP contribution in [0.3, 0.4) is 0 Å². The lowest BCUT2D eigenvalue weighted by atomic mass is 9.76. The first kappa shape index (κ1) is 33.2. The van der Waals surface area contributed by atoms with Gasteiger partial charge in [-0.25, -0.2) is 15.0 Å². The molecule has 9 rings (SSSR count). The van der Waals surface area contributed by atoms with Gasteiger partial charge in [0.25, 0.3) is 0 Å². The third-order valence-corrected chi connectivity index (χ3v) is 11.4. The van der Waals surface area contributed by atoms with Gasteiger partial charge in [-0.15, -0.1) is 0 Å². The van der Waals surface area contributed by atoms with Crippen molar-refractivity contribution < 1.29 is 0 Å². The molecule has 256 valence electrons. The van der Waals surface area contributed by atoms with Gasteiger partial charge in [0.05, 0.1) is 11.6 Å². The molecule has 1 aliphatic rings. The van der Waals surface area contributed by atoms with E-state index in [1.807, 2.05) is 24.3 Å². The number of fused-ring (bicyclic) bond motifs is 2. The van der Waals surface area contributed by atoms with Crippen LogP contribution in [-0.2, 0) is 5.41 Å². The maximum absolute atomic E-state index is 9.48. The lowest BCUT2D eigenvalue weighted by molar-refractivity contribution is 0.607. The van der Waals surface area contributed by atoms with Crippen LogP contribution < -0.4 is 0 Å². The van der Waals surface area contributed by atoms with Crippen LogP contribution in [-0.4, -0.2) is 15.0 Å². The Hall–Kier alpha value is -6.61. The van der Waals surface area contributed by atoms with E-state index >= 15 is 0 Å². The number of aromatic nitrogens is 3. The van der Waals surface area contributed by atoms with Crippen molar-refractivity contribution in [3.05, 3.63) is 187 Å². The van der Waals surface area contributed by atoms with Gasteiger partial charge in [0.15, 0.2) is 17.5 Å². The number of rotatable bonds is 6. The summed E-state index contributed by atoms with van der Waals surface area (Å²) in [5.41, 5.74) is 12.6. The predicted molar refractivity (Wildman–Crippen MR) is 220 cm³/mol. The predicted octanol–water partition coefficient (Wildman–Crippen LogP) is 12.5. The summed E-state index contributed by atoms with van der Waals surface area (Å²) < 4.78 is 0. The van der Waals surface area contributed by atoms with Crippen LogP contribution in [0, 0.1) is 11.3 Å². The minimum Gasteiger partial charge on any atom is -0.208 e. The van der Waals surface area contributed by atoms with Crippen LogP contribution in [0.25, 0.3) is 67.5 Å². The molecule has 0 N–H and O–H groups in total. The maximum Gasteiger partial charge on any atom is 0.164 e. The number of nitriles is 1. The van der Waals surface area contributed by atoms with Gasteiger partial charge in [-0.1, -0.05) is 159 Å². The van der Waals surface area contributed by atoms with E-state index in [0.717, 1.165) is 55.0 Å². The smallest absolute Gasteiger partial charge is 0.164 e. The Morgan fingerprint density at radius 1 is 0.407 bits per heavy atom. The molecule has 8 aromatic rings. The second-order valence-corrected chi connectivity index (χ2v) is 15.1. The van der Waals surface area contributed by atoms with Crippen molar-refractivity contribution in [2.24, 2.45) is 0 Å². The zero-order valence-electron chi connectivity index (χ0n) is 29.9. The highest BCUT2D eigenvalue weighted by molar-refractivity contribution is 7.99. The van der Waals surface area contributed by atoms with E-state index in [1.165, 1.54) is 16.0 Å². The van der Waals surface area contributed by atoms with E-state index < -0.39 is 0 Å². The first-order chi connectivity index (χ1) is 26.4. The quantitative estimate of drug-likeness (QED) is 0.172. The van der Waals surface area contributed by atoms with Gasteiger partial charge in [-0.05, 0) is 80.9 Å². The van der Waals surface area contributed by atoms with Crippen LogP contribution in [0.1, 0.15) is 30.5 Å². The van der Waals surface area contributed by atoms with Gasteiger partial charge in [-0.3, -0.25) is 0 Å². The summed E-state index contributed by atoms with van der Waals surface area (Å²) in [7, 11) is 0. The van der Waals surface area contributed by atoms with Gasteiger partial charge in [-0.2, -0.15) is 5.26 Å². The fraction of sp³-hybridized carbons (Fsp3) is 0.0612. The molecule has 0 atom stereocenters. The summed E-state index contributed by atoms with van der Waals surface area (Å²) in [5, 5.41) is 9.48. The Morgan fingerprint density at radius 2 is 0.870 bits per heavy atom. The minimum absolute atomic E-state index is 0.201. The molecular formula is C49H34N4S. The molecular weight excluding hydrogens is 677 g/mol. The number of benzene rings is 7. The molecule has 0 aliphatic carbocycles. The van der Waals surface area contributed by atoms with E-state index in [9.17, 15) is 5.26 Å².